The van der Waals surface area contributed by atoms with Crippen molar-refractivity contribution in [2.45, 2.75) is 0 Å². The van der Waals surface area contributed by atoms with Crippen LogP contribution in [0.2, 0.25) is 0 Å². The van der Waals surface area contributed by atoms with E-state index in [1.54, 1.807) is 42.5 Å². The van der Waals surface area contributed by atoms with Crippen molar-refractivity contribution in [2.24, 2.45) is 0 Å². The molecule has 0 aliphatic heterocycles. The van der Waals surface area contributed by atoms with E-state index in [9.17, 15) is 4.79 Å². The molecule has 2 rings (SSSR count). The van der Waals surface area contributed by atoms with E-state index < -0.39 is 0 Å². The summed E-state index contributed by atoms with van der Waals surface area (Å²) >= 11 is 2.11. The minimum atomic E-state index is 0.198. The molecule has 86 valence electrons. The Morgan fingerprint density at radius 3 is 2.41 bits per heavy atom. The molecule has 0 aliphatic rings. The molecule has 2 aromatic rings. The first-order chi connectivity index (χ1) is 8.19. The fourth-order valence-electron chi connectivity index (χ4n) is 1.31. The lowest BCUT2D eigenvalue weighted by Gasteiger charge is -2.08. The molecule has 1 N–H and O–H groups in total. The second-order valence-electron chi connectivity index (χ2n) is 3.40. The van der Waals surface area contributed by atoms with Gasteiger partial charge in [-0.25, -0.2) is 0 Å². The second-order valence-corrected chi connectivity index (χ2v) is 4.57. The van der Waals surface area contributed by atoms with Crippen LogP contribution in [0.1, 0.15) is 10.4 Å². The van der Waals surface area contributed by atoms with Crippen LogP contribution in [0, 0.1) is 3.57 Å². The average molecular weight is 340 g/mol. The Labute approximate surface area is 112 Å². The van der Waals surface area contributed by atoms with Crippen LogP contribution >= 0.6 is 22.6 Å². The summed E-state index contributed by atoms with van der Waals surface area (Å²) < 4.78 is 6.49. The van der Waals surface area contributed by atoms with E-state index in [2.05, 4.69) is 22.6 Å². The molecule has 0 amide bonds. The van der Waals surface area contributed by atoms with Crippen molar-refractivity contribution in [3.63, 3.8) is 0 Å². The summed E-state index contributed by atoms with van der Waals surface area (Å²) in [6.45, 7) is 0. The Morgan fingerprint density at radius 1 is 1.12 bits per heavy atom. The zero-order chi connectivity index (χ0) is 12.3. The maximum atomic E-state index is 10.6. The highest BCUT2D eigenvalue weighted by Crippen LogP contribution is 2.28. The SMILES string of the molecule is O=Cc1ccc(Oc2ccc(O)cc2)c(I)c1. The van der Waals surface area contributed by atoms with E-state index in [-0.39, 0.29) is 5.75 Å². The van der Waals surface area contributed by atoms with Gasteiger partial charge in [0, 0.05) is 5.56 Å². The summed E-state index contributed by atoms with van der Waals surface area (Å²) in [7, 11) is 0. The average Bonchev–Trinajstić information content (AvgIpc) is 2.34. The molecule has 0 radical (unpaired) electrons. The molecule has 0 unspecified atom stereocenters. The van der Waals surface area contributed by atoms with Gasteiger partial charge in [-0.2, -0.15) is 0 Å². The number of aromatic hydroxyl groups is 1. The predicted octanol–water partition coefficient (Wildman–Crippen LogP) is 3.60. The number of hydrogen-bond donors (Lipinski definition) is 1. The number of rotatable bonds is 3. The molecule has 0 fully saturated rings. The molecule has 0 aromatic heterocycles. The van der Waals surface area contributed by atoms with Gasteiger partial charge in [-0.3, -0.25) is 4.79 Å². The first kappa shape index (κ1) is 11.9. The standard InChI is InChI=1S/C13H9IO3/c14-12-7-9(8-15)1-6-13(12)17-11-4-2-10(16)3-5-11/h1-8,16H. The first-order valence-corrected chi connectivity index (χ1v) is 5.98. The van der Waals surface area contributed by atoms with Gasteiger partial charge < -0.3 is 9.84 Å². The van der Waals surface area contributed by atoms with Gasteiger partial charge in [0.1, 0.15) is 23.5 Å². The number of phenols is 1. The summed E-state index contributed by atoms with van der Waals surface area (Å²) in [5.74, 6) is 1.52. The molecule has 0 saturated carbocycles. The van der Waals surface area contributed by atoms with Gasteiger partial charge in [0.25, 0.3) is 0 Å². The Balaban J connectivity index is 2.24. The third-order valence-electron chi connectivity index (χ3n) is 2.16. The molecule has 0 saturated heterocycles. The van der Waals surface area contributed by atoms with Crippen LogP contribution in [0.3, 0.4) is 0 Å². The summed E-state index contributed by atoms with van der Waals surface area (Å²) in [4.78, 5) is 10.6. The highest BCUT2D eigenvalue weighted by Gasteiger charge is 2.03. The largest absolute Gasteiger partial charge is 0.508 e. The lowest BCUT2D eigenvalue weighted by Crippen LogP contribution is -1.89. The van der Waals surface area contributed by atoms with Crippen molar-refractivity contribution in [1.29, 1.82) is 0 Å². The molecule has 4 heteroatoms. The van der Waals surface area contributed by atoms with E-state index in [1.165, 1.54) is 0 Å². The summed E-state index contributed by atoms with van der Waals surface area (Å²) in [5, 5.41) is 9.15. The first-order valence-electron chi connectivity index (χ1n) is 4.90. The third kappa shape index (κ3) is 2.97. The molecule has 0 heterocycles. The van der Waals surface area contributed by atoms with Crippen molar-refractivity contribution in [1.82, 2.24) is 0 Å². The number of benzene rings is 2. The van der Waals surface area contributed by atoms with Crippen molar-refractivity contribution >= 4 is 28.9 Å². The van der Waals surface area contributed by atoms with Crippen LogP contribution in [0.4, 0.5) is 0 Å². The van der Waals surface area contributed by atoms with Crippen molar-refractivity contribution in [3.8, 4) is 17.2 Å². The fraction of sp³-hybridized carbons (Fsp3) is 0. The molecule has 0 atom stereocenters. The molecule has 2 aromatic carbocycles. The van der Waals surface area contributed by atoms with Crippen LogP contribution in [0.25, 0.3) is 0 Å². The number of ether oxygens (including phenoxy) is 1. The van der Waals surface area contributed by atoms with E-state index in [0.717, 1.165) is 9.86 Å². The molecule has 3 nitrogen and oxygen atoms in total. The van der Waals surface area contributed by atoms with Crippen molar-refractivity contribution < 1.29 is 14.6 Å². The lowest BCUT2D eigenvalue weighted by molar-refractivity contribution is 0.112. The van der Waals surface area contributed by atoms with Gasteiger partial charge in [-0.1, -0.05) is 0 Å². The minimum Gasteiger partial charge on any atom is -0.508 e. The summed E-state index contributed by atoms with van der Waals surface area (Å²) in [6.07, 6.45) is 0.798. The third-order valence-corrected chi connectivity index (χ3v) is 3.00. The van der Waals surface area contributed by atoms with Crippen LogP contribution in [0.15, 0.2) is 42.5 Å². The molecular weight excluding hydrogens is 331 g/mol. The topological polar surface area (TPSA) is 46.5 Å². The van der Waals surface area contributed by atoms with Gasteiger partial charge in [-0.05, 0) is 65.1 Å². The van der Waals surface area contributed by atoms with Gasteiger partial charge in [0.2, 0.25) is 0 Å². The second kappa shape index (κ2) is 5.18. The summed E-state index contributed by atoms with van der Waals surface area (Å²) in [5.41, 5.74) is 0.618. The number of carbonyl (C=O) groups is 1. The van der Waals surface area contributed by atoms with Gasteiger partial charge in [0.15, 0.2) is 0 Å². The minimum absolute atomic E-state index is 0.198. The van der Waals surface area contributed by atoms with Crippen LogP contribution in [-0.2, 0) is 0 Å². The van der Waals surface area contributed by atoms with Crippen molar-refractivity contribution in [2.75, 3.05) is 0 Å². The van der Waals surface area contributed by atoms with Crippen LogP contribution in [0.5, 0.6) is 17.2 Å². The number of phenolic OH excluding ortho intramolecular Hbond substituents is 1. The highest BCUT2D eigenvalue weighted by atomic mass is 127. The molecule has 17 heavy (non-hydrogen) atoms. The normalized spacial score (nSPS) is 9.94. The molecule has 0 aliphatic carbocycles. The zero-order valence-corrected chi connectivity index (χ0v) is 10.9. The number of halogens is 1. The highest BCUT2D eigenvalue weighted by molar-refractivity contribution is 14.1. The van der Waals surface area contributed by atoms with Gasteiger partial charge >= 0.3 is 0 Å². The number of carbonyl (C=O) groups excluding carboxylic acids is 1. The lowest BCUT2D eigenvalue weighted by atomic mass is 10.2. The molecule has 0 spiro atoms. The maximum absolute atomic E-state index is 10.6. The zero-order valence-electron chi connectivity index (χ0n) is 8.76. The molecule has 0 bridgehead atoms. The van der Waals surface area contributed by atoms with E-state index >= 15 is 0 Å². The Morgan fingerprint density at radius 2 is 1.82 bits per heavy atom. The summed E-state index contributed by atoms with van der Waals surface area (Å²) in [6, 6.07) is 11.7. The Kier molecular flexibility index (Phi) is 3.63. The van der Waals surface area contributed by atoms with Crippen molar-refractivity contribution in [3.05, 3.63) is 51.6 Å². The Bertz CT molecular complexity index is 535. The fourth-order valence-corrected chi connectivity index (χ4v) is 1.96. The van der Waals surface area contributed by atoms with Crippen LogP contribution in [-0.4, -0.2) is 11.4 Å². The van der Waals surface area contributed by atoms with E-state index in [1.807, 2.05) is 0 Å². The molecular formula is C13H9IO3. The predicted molar refractivity (Wildman–Crippen MR) is 72.7 cm³/mol. The van der Waals surface area contributed by atoms with E-state index in [0.29, 0.717) is 17.1 Å². The monoisotopic (exact) mass is 340 g/mol. The van der Waals surface area contributed by atoms with Gasteiger partial charge in [-0.15, -0.1) is 0 Å². The van der Waals surface area contributed by atoms with Crippen LogP contribution < -0.4 is 4.74 Å². The number of hydrogen-bond acceptors (Lipinski definition) is 3. The smallest absolute Gasteiger partial charge is 0.150 e. The number of aldehydes is 1. The van der Waals surface area contributed by atoms with E-state index in [4.69, 9.17) is 9.84 Å². The quantitative estimate of drug-likeness (QED) is 0.686. The maximum Gasteiger partial charge on any atom is 0.150 e. The Hall–Kier alpha value is -1.56. The van der Waals surface area contributed by atoms with Gasteiger partial charge in [0.05, 0.1) is 3.57 Å².